The second kappa shape index (κ2) is 13.3. The molecule has 0 radical (unpaired) electrons. The highest BCUT2D eigenvalue weighted by Gasteiger charge is 2.57. The van der Waals surface area contributed by atoms with Crippen LogP contribution < -0.4 is 16.0 Å². The van der Waals surface area contributed by atoms with E-state index in [1.165, 1.54) is 6.07 Å². The number of phenolic OH excluding ortho intramolecular Hbond substituents is 1. The second-order valence-electron chi connectivity index (χ2n) is 14.9. The highest BCUT2D eigenvalue weighted by atomic mass is 35.5. The Balaban J connectivity index is 1.23. The molecule has 7 aromatic rings. The van der Waals surface area contributed by atoms with E-state index in [0.29, 0.717) is 44.4 Å². The maximum Gasteiger partial charge on any atom is 0.408 e. The average molecular weight is 816 g/mol. The number of carbonyl (C=O) groups is 3. The van der Waals surface area contributed by atoms with Crippen molar-refractivity contribution in [3.05, 3.63) is 129 Å². The number of ether oxygens (including phenoxy) is 1. The van der Waals surface area contributed by atoms with E-state index in [9.17, 15) is 14.7 Å². The number of aromatic hydroxyl groups is 1. The summed E-state index contributed by atoms with van der Waals surface area (Å²) < 4.78 is 18.8. The third-order valence-electron chi connectivity index (χ3n) is 11.1. The summed E-state index contributed by atoms with van der Waals surface area (Å²) in [6.45, 7) is 3.71. The van der Waals surface area contributed by atoms with Gasteiger partial charge in [-0.1, -0.05) is 110 Å². The lowest BCUT2D eigenvalue weighted by Crippen LogP contribution is -2.49. The van der Waals surface area contributed by atoms with Crippen LogP contribution in [-0.4, -0.2) is 44.0 Å². The Morgan fingerprint density at radius 1 is 0.983 bits per heavy atom. The monoisotopic (exact) mass is 814 g/mol. The predicted molar refractivity (Wildman–Crippen MR) is 214 cm³/mol. The van der Waals surface area contributed by atoms with Gasteiger partial charge in [0.1, 0.15) is 29.6 Å². The summed E-state index contributed by atoms with van der Waals surface area (Å²) >= 11 is 13.8. The van der Waals surface area contributed by atoms with Gasteiger partial charge in [-0.15, -0.1) is 0 Å². The Labute approximate surface area is 339 Å². The van der Waals surface area contributed by atoms with Gasteiger partial charge >= 0.3 is 6.09 Å². The van der Waals surface area contributed by atoms with Crippen molar-refractivity contribution in [3.8, 4) is 39.8 Å². The Kier molecular flexibility index (Phi) is 8.18. The third kappa shape index (κ3) is 5.33. The number of nitrogens with zero attached hydrogens (tertiary/aromatic N) is 2. The Morgan fingerprint density at radius 3 is 2.59 bits per heavy atom. The Bertz CT molecular complexity index is 2860. The number of phenols is 1. The van der Waals surface area contributed by atoms with Gasteiger partial charge < -0.3 is 39.6 Å². The van der Waals surface area contributed by atoms with Crippen LogP contribution in [0.15, 0.2) is 93.8 Å². The third-order valence-corrected chi connectivity index (χ3v) is 11.6. The first-order chi connectivity index (χ1) is 28.0. The van der Waals surface area contributed by atoms with Crippen LogP contribution in [-0.2, 0) is 32.8 Å². The van der Waals surface area contributed by atoms with Gasteiger partial charge in [-0.25, -0.2) is 9.78 Å². The van der Waals surface area contributed by atoms with E-state index in [4.69, 9.17) is 41.8 Å². The lowest BCUT2D eigenvalue weighted by molar-refractivity contribution is -0.124. The van der Waals surface area contributed by atoms with Crippen LogP contribution >= 0.6 is 23.2 Å². The number of H-pyrrole nitrogens is 1. The van der Waals surface area contributed by atoms with Crippen LogP contribution in [0.2, 0.25) is 10.3 Å². The van der Waals surface area contributed by atoms with E-state index in [2.05, 4.69) is 25.9 Å². The number of halogens is 2. The molecule has 13 nitrogen and oxygen atoms in total. The molecule has 0 saturated heterocycles. The molecule has 6 heterocycles. The van der Waals surface area contributed by atoms with Crippen LogP contribution in [0.3, 0.4) is 0 Å². The van der Waals surface area contributed by atoms with Gasteiger partial charge in [0.2, 0.25) is 17.7 Å². The van der Waals surface area contributed by atoms with Crippen molar-refractivity contribution in [1.29, 1.82) is 0 Å². The van der Waals surface area contributed by atoms with Gasteiger partial charge in [0, 0.05) is 34.0 Å². The van der Waals surface area contributed by atoms with Crippen LogP contribution in [0.5, 0.6) is 5.75 Å². The fourth-order valence-electron chi connectivity index (χ4n) is 8.38. The quantitative estimate of drug-likeness (QED) is 0.116. The first kappa shape index (κ1) is 35.8. The van der Waals surface area contributed by atoms with Gasteiger partial charge in [0.15, 0.2) is 27.8 Å². The summed E-state index contributed by atoms with van der Waals surface area (Å²) in [6.07, 6.45) is -0.848. The van der Waals surface area contributed by atoms with Crippen molar-refractivity contribution in [3.63, 3.8) is 0 Å². The number of alkyl carbamates (subject to hydrolysis) is 1. The van der Waals surface area contributed by atoms with Gasteiger partial charge in [0.05, 0.1) is 11.3 Å². The lowest BCUT2D eigenvalue weighted by atomic mass is 9.71. The molecule has 0 saturated carbocycles. The van der Waals surface area contributed by atoms with Gasteiger partial charge in [-0.2, -0.15) is 4.98 Å². The topological polar surface area (TPSA) is 185 Å². The lowest BCUT2D eigenvalue weighted by Gasteiger charge is -2.29. The van der Waals surface area contributed by atoms with Crippen LogP contribution in [0.4, 0.5) is 10.5 Å². The average Bonchev–Trinajstić information content (AvgIpc) is 3.97. The smallest absolute Gasteiger partial charge is 0.408 e. The standard InChI is InChI=1S/C43H32Cl2N6O7/c1-19(2)31-39-49-33-35(58-39)43(25-16-21(14-15-28(25)52)17-27(38(53)48-31)47-42(55)56-18-20-8-4-3-5-9-20)24-12-6-11-23(32(24)50-41(43)54)22-10-7-13-26-29(22)30(36(44)46-26)34-37(45)51-40(33)57-34/h3-16,19,27,31,46,52H,17-18H2,1-2H3,(H,47,55)(H,48,53)(H,50,54)/t27-,31-,43-/m0/s1. The molecule has 3 aliphatic rings. The van der Waals surface area contributed by atoms with Crippen molar-refractivity contribution >= 4 is 57.7 Å². The van der Waals surface area contributed by atoms with Gasteiger partial charge in [-0.3, -0.25) is 9.59 Å². The molecule has 3 aliphatic heterocycles. The minimum absolute atomic E-state index is 0.0106. The van der Waals surface area contributed by atoms with Crippen molar-refractivity contribution in [2.24, 2.45) is 5.92 Å². The summed E-state index contributed by atoms with van der Waals surface area (Å²) in [4.78, 5) is 55.5. The van der Waals surface area contributed by atoms with Crippen molar-refractivity contribution < 1.29 is 33.1 Å². The molecule has 3 aromatic heterocycles. The molecule has 10 bridgehead atoms. The predicted octanol–water partition coefficient (Wildman–Crippen LogP) is 8.42. The van der Waals surface area contributed by atoms with E-state index in [1.807, 2.05) is 74.5 Å². The molecule has 0 unspecified atom stereocenters. The van der Waals surface area contributed by atoms with E-state index >= 15 is 4.79 Å². The van der Waals surface area contributed by atoms with E-state index in [-0.39, 0.29) is 69.6 Å². The zero-order valence-electron chi connectivity index (χ0n) is 30.8. The number of aromatic nitrogens is 3. The largest absolute Gasteiger partial charge is 0.508 e. The highest BCUT2D eigenvalue weighted by molar-refractivity contribution is 6.37. The SMILES string of the molecule is CC(C)[C@@H]1NC(=O)[C@@H](NC(=O)OCc2ccccc2)Cc2ccc(O)c(c2)[C@@]23C(=O)Nc4c(cccc42)-c2cccc4[nH]c(Cl)c(c24)-c2oc(nc2Cl)-c2nc1oc23. The molecular weight excluding hydrogens is 783 g/mol. The van der Waals surface area contributed by atoms with Crippen LogP contribution in [0.1, 0.15) is 53.8 Å². The molecule has 0 fully saturated rings. The molecule has 4 aromatic carbocycles. The number of fused-ring (bicyclic) bond motifs is 8. The van der Waals surface area contributed by atoms with Gasteiger partial charge in [-0.05, 0) is 34.7 Å². The maximum absolute atomic E-state index is 15.2. The number of anilines is 1. The minimum atomic E-state index is -1.90. The number of nitrogens with one attached hydrogen (secondary N) is 4. The van der Waals surface area contributed by atoms with E-state index in [1.54, 1.807) is 18.2 Å². The Hall–Kier alpha value is -6.57. The van der Waals surface area contributed by atoms with Crippen LogP contribution in [0.25, 0.3) is 44.9 Å². The normalized spacial score (nSPS) is 19.1. The molecule has 3 atom stereocenters. The number of rotatable bonds is 4. The zero-order valence-corrected chi connectivity index (χ0v) is 32.3. The fraction of sp³-hybridized carbons (Fsp3) is 0.186. The number of aromatic amines is 1. The van der Waals surface area contributed by atoms with Crippen molar-refractivity contribution in [2.75, 3.05) is 5.32 Å². The molecule has 10 rings (SSSR count). The first-order valence-corrected chi connectivity index (χ1v) is 19.3. The first-order valence-electron chi connectivity index (χ1n) is 18.6. The van der Waals surface area contributed by atoms with E-state index < -0.39 is 35.4 Å². The molecule has 58 heavy (non-hydrogen) atoms. The summed E-state index contributed by atoms with van der Waals surface area (Å²) in [5.41, 5.74) is 2.94. The number of benzene rings is 4. The van der Waals surface area contributed by atoms with Crippen LogP contribution in [0, 0.1) is 5.92 Å². The molecule has 290 valence electrons. The second-order valence-corrected chi connectivity index (χ2v) is 15.6. The molecular formula is C43H32Cl2N6O7. The van der Waals surface area contributed by atoms with E-state index in [0.717, 1.165) is 5.56 Å². The van der Waals surface area contributed by atoms with Gasteiger partial charge in [0.25, 0.3) is 5.89 Å². The molecule has 3 amide bonds. The highest BCUT2D eigenvalue weighted by Crippen LogP contribution is 2.57. The summed E-state index contributed by atoms with van der Waals surface area (Å²) in [6, 6.07) is 23.0. The molecule has 0 aliphatic carbocycles. The molecule has 5 N–H and O–H groups in total. The fourth-order valence-corrected chi connectivity index (χ4v) is 8.87. The zero-order chi connectivity index (χ0) is 40.0. The summed E-state index contributed by atoms with van der Waals surface area (Å²) in [5, 5.41) is 21.7. The number of amides is 3. The number of oxazole rings is 2. The number of carbonyl (C=O) groups excluding carboxylic acids is 3. The molecule has 15 heteroatoms. The Morgan fingerprint density at radius 2 is 1.78 bits per heavy atom. The maximum atomic E-state index is 15.2. The summed E-state index contributed by atoms with van der Waals surface area (Å²) in [5.74, 6) is -1.62. The number of para-hydroxylation sites is 1. The number of hydrogen-bond donors (Lipinski definition) is 5. The minimum Gasteiger partial charge on any atom is -0.508 e. The van der Waals surface area contributed by atoms with Crippen molar-refractivity contribution in [2.45, 2.75) is 44.4 Å². The number of hydrogen-bond acceptors (Lipinski definition) is 9. The van der Waals surface area contributed by atoms with Crippen molar-refractivity contribution in [1.82, 2.24) is 25.6 Å². The molecule has 1 spiro atoms. The summed E-state index contributed by atoms with van der Waals surface area (Å²) in [7, 11) is 0.